The number of hydrogen-bond donors (Lipinski definition) is 2. The van der Waals surface area contributed by atoms with Crippen LogP contribution in [0.4, 0.5) is 11.6 Å². The van der Waals surface area contributed by atoms with E-state index in [9.17, 15) is 0 Å². The summed E-state index contributed by atoms with van der Waals surface area (Å²) in [5.41, 5.74) is 8.55. The molecule has 28 heavy (non-hydrogen) atoms. The van der Waals surface area contributed by atoms with Crippen molar-refractivity contribution in [2.24, 2.45) is 0 Å². The summed E-state index contributed by atoms with van der Waals surface area (Å²) < 4.78 is 5.39. The molecule has 3 aromatic heterocycles. The van der Waals surface area contributed by atoms with Gasteiger partial charge in [0.15, 0.2) is 0 Å². The van der Waals surface area contributed by atoms with Gasteiger partial charge in [0, 0.05) is 56.0 Å². The summed E-state index contributed by atoms with van der Waals surface area (Å²) >= 11 is 0. The van der Waals surface area contributed by atoms with Gasteiger partial charge in [0.25, 0.3) is 0 Å². The minimum absolute atomic E-state index is 0.453. The first-order valence-electron chi connectivity index (χ1n) is 9.22. The van der Waals surface area contributed by atoms with E-state index in [-0.39, 0.29) is 0 Å². The molecular weight excluding hydrogens is 352 g/mol. The van der Waals surface area contributed by atoms with Crippen molar-refractivity contribution in [2.75, 3.05) is 44.4 Å². The summed E-state index contributed by atoms with van der Waals surface area (Å²) in [5, 5.41) is 4.87. The number of pyridine rings is 3. The molecule has 3 N–H and O–H groups in total. The average Bonchev–Trinajstić information content (AvgIpc) is 2.73. The Bertz CT molecular complexity index is 1030. The van der Waals surface area contributed by atoms with Gasteiger partial charge in [-0.15, -0.1) is 0 Å². The molecule has 0 radical (unpaired) electrons. The van der Waals surface area contributed by atoms with Gasteiger partial charge < -0.3 is 15.8 Å². The first kappa shape index (κ1) is 18.2. The lowest BCUT2D eigenvalue weighted by Gasteiger charge is -2.26. The van der Waals surface area contributed by atoms with E-state index in [0.29, 0.717) is 5.82 Å². The zero-order valence-corrected chi connectivity index (χ0v) is 15.8. The van der Waals surface area contributed by atoms with Crippen LogP contribution in [0.15, 0.2) is 36.8 Å². The fourth-order valence-electron chi connectivity index (χ4n) is 3.19. The maximum absolute atomic E-state index is 5.86. The fourth-order valence-corrected chi connectivity index (χ4v) is 3.19. The van der Waals surface area contributed by atoms with Crippen molar-refractivity contribution in [2.45, 2.75) is 6.54 Å². The van der Waals surface area contributed by atoms with E-state index in [0.717, 1.165) is 60.7 Å². The maximum atomic E-state index is 5.86. The Hall–Kier alpha value is -3.21. The van der Waals surface area contributed by atoms with Crippen molar-refractivity contribution in [3.63, 3.8) is 0 Å². The van der Waals surface area contributed by atoms with E-state index in [1.807, 2.05) is 25.4 Å². The molecule has 0 amide bonds. The highest BCUT2D eigenvalue weighted by Gasteiger charge is 2.10. The van der Waals surface area contributed by atoms with Crippen LogP contribution < -0.4 is 11.1 Å². The number of ether oxygens (including phenoxy) is 1. The van der Waals surface area contributed by atoms with E-state index in [2.05, 4.69) is 43.1 Å². The molecule has 0 aromatic carbocycles. The molecule has 142 valence electrons. The quantitative estimate of drug-likeness (QED) is 0.677. The molecule has 1 aliphatic heterocycles. The predicted molar refractivity (Wildman–Crippen MR) is 110 cm³/mol. The second kappa shape index (κ2) is 8.21. The number of aromatic nitrogens is 3. The third kappa shape index (κ3) is 4.03. The number of nitrogens with two attached hydrogens (primary N) is 1. The standard InChI is InChI=1S/C21H22N6O/c1-23-21-19-13-25-20(22)10-18(19)16(12-26-21)3-5-17-4-2-15(11-24-17)14-27-6-8-28-9-7-27/h2,4,10-13H,6-9,14H2,1H3,(H2,22,25)(H,23,26). The molecule has 7 nitrogen and oxygen atoms in total. The number of nitrogens with zero attached hydrogens (tertiary/aromatic N) is 4. The molecule has 0 spiro atoms. The van der Waals surface area contributed by atoms with Crippen molar-refractivity contribution in [1.29, 1.82) is 0 Å². The molecule has 0 atom stereocenters. The van der Waals surface area contributed by atoms with Gasteiger partial charge in [-0.1, -0.05) is 12.0 Å². The highest BCUT2D eigenvalue weighted by Crippen LogP contribution is 2.24. The zero-order valence-electron chi connectivity index (χ0n) is 15.8. The Labute approximate surface area is 164 Å². The van der Waals surface area contributed by atoms with E-state index in [1.54, 1.807) is 12.4 Å². The summed E-state index contributed by atoms with van der Waals surface area (Å²) in [6.45, 7) is 4.40. The summed E-state index contributed by atoms with van der Waals surface area (Å²) in [6, 6.07) is 5.85. The Kier molecular flexibility index (Phi) is 5.33. The zero-order chi connectivity index (χ0) is 19.3. The molecule has 0 bridgehead atoms. The number of nitrogens with one attached hydrogen (secondary N) is 1. The second-order valence-corrected chi connectivity index (χ2v) is 6.62. The number of fused-ring (bicyclic) bond motifs is 1. The van der Waals surface area contributed by atoms with Gasteiger partial charge in [0.1, 0.15) is 17.3 Å². The molecule has 3 aromatic rings. The van der Waals surface area contributed by atoms with E-state index >= 15 is 0 Å². The predicted octanol–water partition coefficient (Wildman–Crippen LogP) is 1.88. The molecule has 4 heterocycles. The minimum Gasteiger partial charge on any atom is -0.384 e. The van der Waals surface area contributed by atoms with Crippen LogP contribution >= 0.6 is 0 Å². The number of anilines is 2. The van der Waals surface area contributed by atoms with E-state index < -0.39 is 0 Å². The van der Waals surface area contributed by atoms with Gasteiger partial charge in [0.2, 0.25) is 0 Å². The number of morpholine rings is 1. The summed E-state index contributed by atoms with van der Waals surface area (Å²) in [4.78, 5) is 15.4. The molecule has 0 unspecified atom stereocenters. The number of rotatable bonds is 3. The molecule has 7 heteroatoms. The van der Waals surface area contributed by atoms with E-state index in [4.69, 9.17) is 10.5 Å². The van der Waals surface area contributed by atoms with Crippen molar-refractivity contribution in [3.05, 3.63) is 53.6 Å². The third-order valence-electron chi connectivity index (χ3n) is 4.69. The van der Waals surface area contributed by atoms with Crippen molar-refractivity contribution in [3.8, 4) is 11.8 Å². The Balaban J connectivity index is 1.56. The number of hydrogen-bond acceptors (Lipinski definition) is 7. The molecule has 0 saturated carbocycles. The molecule has 1 fully saturated rings. The molecule has 0 aliphatic carbocycles. The van der Waals surface area contributed by atoms with Crippen molar-refractivity contribution < 1.29 is 4.74 Å². The average molecular weight is 374 g/mol. The van der Waals surface area contributed by atoms with Gasteiger partial charge >= 0.3 is 0 Å². The highest BCUT2D eigenvalue weighted by atomic mass is 16.5. The van der Waals surface area contributed by atoms with Crippen LogP contribution in [0.1, 0.15) is 16.8 Å². The van der Waals surface area contributed by atoms with E-state index in [1.165, 1.54) is 5.56 Å². The molecule has 1 aliphatic rings. The summed E-state index contributed by atoms with van der Waals surface area (Å²) in [5.74, 6) is 7.50. The normalized spacial score (nSPS) is 14.5. The van der Waals surface area contributed by atoms with Crippen LogP contribution in [0, 0.1) is 11.8 Å². The third-order valence-corrected chi connectivity index (χ3v) is 4.69. The Morgan fingerprint density at radius 3 is 2.68 bits per heavy atom. The SMILES string of the molecule is CNc1ncc(C#Cc2ccc(CN3CCOCC3)cn2)c2cc(N)ncc12. The van der Waals surface area contributed by atoms with Crippen LogP contribution in [0.5, 0.6) is 0 Å². The van der Waals surface area contributed by atoms with Gasteiger partial charge in [0.05, 0.1) is 18.8 Å². The van der Waals surface area contributed by atoms with Crippen LogP contribution in [-0.2, 0) is 11.3 Å². The second-order valence-electron chi connectivity index (χ2n) is 6.62. The fraction of sp³-hybridized carbons (Fsp3) is 0.286. The Morgan fingerprint density at radius 1 is 1.07 bits per heavy atom. The van der Waals surface area contributed by atoms with Gasteiger partial charge in [-0.05, 0) is 23.6 Å². The van der Waals surface area contributed by atoms with Crippen LogP contribution in [0.25, 0.3) is 10.8 Å². The van der Waals surface area contributed by atoms with Gasteiger partial charge in [-0.3, -0.25) is 4.90 Å². The molecule has 1 saturated heterocycles. The smallest absolute Gasteiger partial charge is 0.135 e. The lowest BCUT2D eigenvalue weighted by molar-refractivity contribution is 0.0341. The first-order chi connectivity index (χ1) is 13.7. The molecule has 4 rings (SSSR count). The summed E-state index contributed by atoms with van der Waals surface area (Å²) in [7, 11) is 1.83. The van der Waals surface area contributed by atoms with Crippen molar-refractivity contribution in [1.82, 2.24) is 19.9 Å². The highest BCUT2D eigenvalue weighted by molar-refractivity contribution is 5.96. The summed E-state index contributed by atoms with van der Waals surface area (Å²) in [6.07, 6.45) is 5.35. The maximum Gasteiger partial charge on any atom is 0.135 e. The van der Waals surface area contributed by atoms with Crippen molar-refractivity contribution >= 4 is 22.4 Å². The number of nitrogen functional groups attached to an aromatic ring is 1. The lowest BCUT2D eigenvalue weighted by atomic mass is 10.1. The topological polar surface area (TPSA) is 89.2 Å². The molecular formula is C21H22N6O. The first-order valence-corrected chi connectivity index (χ1v) is 9.22. The van der Waals surface area contributed by atoms with Crippen LogP contribution in [-0.4, -0.2) is 53.2 Å². The van der Waals surface area contributed by atoms with Crippen LogP contribution in [0.3, 0.4) is 0 Å². The van der Waals surface area contributed by atoms with Gasteiger partial charge in [-0.25, -0.2) is 15.0 Å². The largest absolute Gasteiger partial charge is 0.384 e. The van der Waals surface area contributed by atoms with Crippen LogP contribution in [0.2, 0.25) is 0 Å². The Morgan fingerprint density at radius 2 is 1.93 bits per heavy atom. The monoisotopic (exact) mass is 374 g/mol. The van der Waals surface area contributed by atoms with Gasteiger partial charge in [-0.2, -0.15) is 0 Å². The minimum atomic E-state index is 0.453. The lowest BCUT2D eigenvalue weighted by Crippen LogP contribution is -2.35.